The van der Waals surface area contributed by atoms with Gasteiger partial charge in [-0.1, -0.05) is 0 Å². The molecule has 4 unspecified atom stereocenters. The molecule has 0 saturated carbocycles. The first-order valence-electron chi connectivity index (χ1n) is 5.67. The van der Waals surface area contributed by atoms with Crippen LogP contribution < -0.4 is 0 Å². The van der Waals surface area contributed by atoms with Gasteiger partial charge in [-0.15, -0.1) is 0 Å². The minimum absolute atomic E-state index is 0.0316. The number of carbonyl (C=O) groups excluding carboxylic acids is 1. The van der Waals surface area contributed by atoms with Gasteiger partial charge in [-0.3, -0.25) is 4.79 Å². The van der Waals surface area contributed by atoms with Crippen LogP contribution in [0.1, 0.15) is 27.2 Å². The SMILES string of the molecule is CC1(O)CC(O)C(C2OC2C(C)(C)O)=CC1=O. The van der Waals surface area contributed by atoms with E-state index in [2.05, 4.69) is 0 Å². The zero-order valence-corrected chi connectivity index (χ0v) is 10.2. The predicted octanol–water partition coefficient (Wildman–Crippen LogP) is -0.464. The highest BCUT2D eigenvalue weighted by Gasteiger charge is 2.54. The lowest BCUT2D eigenvalue weighted by molar-refractivity contribution is -0.134. The molecule has 1 fully saturated rings. The molecule has 0 amide bonds. The number of ketones is 1. The lowest BCUT2D eigenvalue weighted by Crippen LogP contribution is -2.43. The van der Waals surface area contributed by atoms with E-state index in [0.29, 0.717) is 5.57 Å². The van der Waals surface area contributed by atoms with Gasteiger partial charge in [-0.25, -0.2) is 0 Å². The summed E-state index contributed by atoms with van der Waals surface area (Å²) in [7, 11) is 0. The van der Waals surface area contributed by atoms with Crippen molar-refractivity contribution in [3.63, 3.8) is 0 Å². The second-order valence-corrected chi connectivity index (χ2v) is 5.63. The van der Waals surface area contributed by atoms with Gasteiger partial charge in [0, 0.05) is 6.42 Å². The Morgan fingerprint density at radius 2 is 2.12 bits per heavy atom. The first-order chi connectivity index (χ1) is 7.63. The van der Waals surface area contributed by atoms with Crippen molar-refractivity contribution < 1.29 is 24.9 Å². The van der Waals surface area contributed by atoms with Crippen LogP contribution in [0.15, 0.2) is 11.6 Å². The quantitative estimate of drug-likeness (QED) is 0.570. The molecule has 1 aliphatic heterocycles. The van der Waals surface area contributed by atoms with Gasteiger partial charge >= 0.3 is 0 Å². The summed E-state index contributed by atoms with van der Waals surface area (Å²) in [6, 6.07) is 0. The highest BCUT2D eigenvalue weighted by atomic mass is 16.6. The van der Waals surface area contributed by atoms with Crippen molar-refractivity contribution >= 4 is 5.78 Å². The third-order valence-electron chi connectivity index (χ3n) is 3.32. The van der Waals surface area contributed by atoms with E-state index in [0.717, 1.165) is 0 Å². The number of aliphatic hydroxyl groups excluding tert-OH is 1. The standard InChI is InChI=1S/C12H18O5/c1-11(2,15)10-9(17-10)6-4-8(14)12(3,16)5-7(6)13/h4,7,9-10,13,15-16H,5H2,1-3H3. The average molecular weight is 242 g/mol. The van der Waals surface area contributed by atoms with Crippen LogP contribution in [-0.2, 0) is 9.53 Å². The zero-order chi connectivity index (χ0) is 13.0. The fourth-order valence-electron chi connectivity index (χ4n) is 2.17. The third-order valence-corrected chi connectivity index (χ3v) is 3.32. The Bertz CT molecular complexity index is 377. The molecular weight excluding hydrogens is 224 g/mol. The topological polar surface area (TPSA) is 90.3 Å². The van der Waals surface area contributed by atoms with Crippen LogP contribution in [0, 0.1) is 0 Å². The molecule has 4 atom stereocenters. The first kappa shape index (κ1) is 12.7. The van der Waals surface area contributed by atoms with Crippen molar-refractivity contribution in [1.29, 1.82) is 0 Å². The summed E-state index contributed by atoms with van der Waals surface area (Å²) < 4.78 is 5.30. The second-order valence-electron chi connectivity index (χ2n) is 5.63. The summed E-state index contributed by atoms with van der Waals surface area (Å²) in [6.45, 7) is 4.61. The molecule has 2 aliphatic rings. The number of carbonyl (C=O) groups is 1. The van der Waals surface area contributed by atoms with Crippen LogP contribution in [-0.4, -0.2) is 50.6 Å². The van der Waals surface area contributed by atoms with Gasteiger partial charge in [0.15, 0.2) is 5.78 Å². The third kappa shape index (κ3) is 2.28. The molecule has 0 aromatic rings. The van der Waals surface area contributed by atoms with Crippen molar-refractivity contribution in [2.75, 3.05) is 0 Å². The fraction of sp³-hybridized carbons (Fsp3) is 0.750. The van der Waals surface area contributed by atoms with Crippen LogP contribution in [0.25, 0.3) is 0 Å². The van der Waals surface area contributed by atoms with Crippen LogP contribution in [0.4, 0.5) is 0 Å². The highest BCUT2D eigenvalue weighted by molar-refractivity contribution is 5.98. The number of aliphatic hydroxyl groups is 3. The Hall–Kier alpha value is -0.750. The maximum atomic E-state index is 11.6. The lowest BCUT2D eigenvalue weighted by Gasteiger charge is -2.29. The summed E-state index contributed by atoms with van der Waals surface area (Å²) in [6.07, 6.45) is -0.523. The zero-order valence-electron chi connectivity index (χ0n) is 10.2. The molecule has 0 aromatic heterocycles. The van der Waals surface area contributed by atoms with Gasteiger partial charge in [0.05, 0.1) is 11.7 Å². The first-order valence-corrected chi connectivity index (χ1v) is 5.67. The van der Waals surface area contributed by atoms with Crippen LogP contribution in [0.5, 0.6) is 0 Å². The van der Waals surface area contributed by atoms with E-state index in [1.165, 1.54) is 13.0 Å². The van der Waals surface area contributed by atoms with Crippen molar-refractivity contribution in [2.24, 2.45) is 0 Å². The number of rotatable bonds is 2. The Morgan fingerprint density at radius 1 is 1.53 bits per heavy atom. The van der Waals surface area contributed by atoms with Crippen LogP contribution in [0.2, 0.25) is 0 Å². The van der Waals surface area contributed by atoms with Crippen molar-refractivity contribution in [2.45, 2.75) is 56.7 Å². The van der Waals surface area contributed by atoms with Crippen LogP contribution >= 0.6 is 0 Å². The van der Waals surface area contributed by atoms with E-state index in [9.17, 15) is 20.1 Å². The van der Waals surface area contributed by atoms with Gasteiger partial charge in [-0.2, -0.15) is 0 Å². The molecule has 17 heavy (non-hydrogen) atoms. The normalized spacial score (nSPS) is 42.4. The molecule has 1 heterocycles. The van der Waals surface area contributed by atoms with Gasteiger partial charge in [0.1, 0.15) is 17.8 Å². The van der Waals surface area contributed by atoms with E-state index in [-0.39, 0.29) is 6.42 Å². The Balaban J connectivity index is 2.17. The number of epoxide rings is 1. The molecule has 96 valence electrons. The number of ether oxygens (including phenoxy) is 1. The van der Waals surface area contributed by atoms with Crippen LogP contribution in [0.3, 0.4) is 0 Å². The van der Waals surface area contributed by atoms with E-state index in [1.54, 1.807) is 13.8 Å². The molecule has 0 spiro atoms. The molecule has 5 nitrogen and oxygen atoms in total. The summed E-state index contributed by atoms with van der Waals surface area (Å²) in [5.41, 5.74) is -2.07. The Morgan fingerprint density at radius 3 is 2.59 bits per heavy atom. The Kier molecular flexibility index (Phi) is 2.70. The minimum Gasteiger partial charge on any atom is -0.389 e. The molecular formula is C12H18O5. The summed E-state index contributed by atoms with van der Waals surface area (Å²) in [5.74, 6) is -0.428. The predicted molar refractivity (Wildman–Crippen MR) is 59.3 cm³/mol. The smallest absolute Gasteiger partial charge is 0.187 e. The van der Waals surface area contributed by atoms with Gasteiger partial charge in [-0.05, 0) is 32.4 Å². The Labute approximate surface area is 99.7 Å². The fourth-order valence-corrected chi connectivity index (χ4v) is 2.17. The summed E-state index contributed by atoms with van der Waals surface area (Å²) in [4.78, 5) is 11.6. The van der Waals surface area contributed by atoms with Crippen molar-refractivity contribution in [1.82, 2.24) is 0 Å². The molecule has 5 heteroatoms. The van der Waals surface area contributed by atoms with E-state index < -0.39 is 35.3 Å². The van der Waals surface area contributed by atoms with E-state index in [1.807, 2.05) is 0 Å². The molecule has 0 aromatic carbocycles. The van der Waals surface area contributed by atoms with E-state index in [4.69, 9.17) is 4.74 Å². The summed E-state index contributed by atoms with van der Waals surface area (Å²) in [5, 5.41) is 29.3. The van der Waals surface area contributed by atoms with Gasteiger partial charge < -0.3 is 20.1 Å². The molecule has 0 bridgehead atoms. The van der Waals surface area contributed by atoms with Crippen molar-refractivity contribution in [3.8, 4) is 0 Å². The lowest BCUT2D eigenvalue weighted by atomic mass is 9.81. The molecule has 1 aliphatic carbocycles. The average Bonchev–Trinajstić information content (AvgIpc) is 2.88. The maximum Gasteiger partial charge on any atom is 0.187 e. The van der Waals surface area contributed by atoms with E-state index >= 15 is 0 Å². The second kappa shape index (κ2) is 3.62. The number of hydrogen-bond acceptors (Lipinski definition) is 5. The molecule has 2 rings (SSSR count). The largest absolute Gasteiger partial charge is 0.389 e. The van der Waals surface area contributed by atoms with Gasteiger partial charge in [0.2, 0.25) is 0 Å². The number of hydrogen-bond donors (Lipinski definition) is 3. The molecule has 1 saturated heterocycles. The minimum atomic E-state index is -1.51. The van der Waals surface area contributed by atoms with Gasteiger partial charge in [0.25, 0.3) is 0 Å². The highest BCUT2D eigenvalue weighted by Crippen LogP contribution is 2.41. The summed E-state index contributed by atoms with van der Waals surface area (Å²) >= 11 is 0. The molecule has 3 N–H and O–H groups in total. The molecule has 0 radical (unpaired) electrons. The van der Waals surface area contributed by atoms with Crippen molar-refractivity contribution in [3.05, 3.63) is 11.6 Å². The maximum absolute atomic E-state index is 11.6. The monoisotopic (exact) mass is 242 g/mol.